The summed E-state index contributed by atoms with van der Waals surface area (Å²) in [6, 6.07) is 0.0137. The Morgan fingerprint density at radius 3 is 2.17 bits per heavy atom. The first-order chi connectivity index (χ1) is 11.4. The average molecular weight is 338 g/mol. The molecule has 1 aliphatic carbocycles. The lowest BCUT2D eigenvalue weighted by Crippen LogP contribution is -2.58. The molecule has 1 saturated heterocycles. The second kappa shape index (κ2) is 8.84. The van der Waals surface area contributed by atoms with Crippen LogP contribution in [0, 0.1) is 11.8 Å². The predicted octanol–water partition coefficient (Wildman–Crippen LogP) is 2.21. The Morgan fingerprint density at radius 1 is 1.08 bits per heavy atom. The molecule has 2 amide bonds. The van der Waals surface area contributed by atoms with Crippen LogP contribution in [-0.4, -0.2) is 72.3 Å². The number of hydrogen-bond donors (Lipinski definition) is 0. The largest absolute Gasteiger partial charge is 0.345 e. The van der Waals surface area contributed by atoms with Gasteiger partial charge in [-0.3, -0.25) is 14.5 Å². The van der Waals surface area contributed by atoms with Crippen molar-refractivity contribution in [3.63, 3.8) is 0 Å². The van der Waals surface area contributed by atoms with E-state index in [-0.39, 0.29) is 17.9 Å². The Balaban J connectivity index is 1.99. The van der Waals surface area contributed by atoms with E-state index in [4.69, 9.17) is 0 Å². The van der Waals surface area contributed by atoms with Gasteiger partial charge in [0.1, 0.15) is 0 Å². The van der Waals surface area contributed by atoms with Gasteiger partial charge in [0.15, 0.2) is 0 Å². The van der Waals surface area contributed by atoms with Crippen molar-refractivity contribution in [3.8, 4) is 0 Å². The van der Waals surface area contributed by atoms with Gasteiger partial charge in [-0.2, -0.15) is 0 Å². The van der Waals surface area contributed by atoms with Crippen LogP contribution >= 0.6 is 0 Å². The maximum Gasteiger partial charge on any atom is 0.239 e. The molecule has 1 saturated carbocycles. The number of carbonyl (C=O) groups is 2. The molecule has 0 aromatic carbocycles. The highest BCUT2D eigenvalue weighted by Crippen LogP contribution is 2.31. The van der Waals surface area contributed by atoms with Crippen LogP contribution in [0.1, 0.15) is 52.9 Å². The van der Waals surface area contributed by atoms with E-state index in [9.17, 15) is 9.59 Å². The van der Waals surface area contributed by atoms with Crippen molar-refractivity contribution >= 4 is 11.8 Å². The van der Waals surface area contributed by atoms with Crippen molar-refractivity contribution in [3.05, 3.63) is 0 Å². The zero-order valence-electron chi connectivity index (χ0n) is 16.0. The van der Waals surface area contributed by atoms with E-state index >= 15 is 0 Å². The van der Waals surface area contributed by atoms with Crippen molar-refractivity contribution in [1.29, 1.82) is 0 Å². The highest BCUT2D eigenvalue weighted by atomic mass is 16.2. The molecule has 0 spiro atoms. The molecule has 5 nitrogen and oxygen atoms in total. The summed E-state index contributed by atoms with van der Waals surface area (Å²) in [6.45, 7) is 10.1. The van der Waals surface area contributed by atoms with Crippen molar-refractivity contribution in [2.75, 3.05) is 39.8 Å². The van der Waals surface area contributed by atoms with E-state index in [0.717, 1.165) is 32.7 Å². The van der Waals surface area contributed by atoms with Gasteiger partial charge in [0, 0.05) is 46.2 Å². The van der Waals surface area contributed by atoms with Gasteiger partial charge in [0.2, 0.25) is 11.8 Å². The van der Waals surface area contributed by atoms with Gasteiger partial charge >= 0.3 is 0 Å². The van der Waals surface area contributed by atoms with Gasteiger partial charge in [-0.1, -0.05) is 26.7 Å². The highest BCUT2D eigenvalue weighted by Gasteiger charge is 2.38. The van der Waals surface area contributed by atoms with Crippen molar-refractivity contribution in [1.82, 2.24) is 14.7 Å². The molecular weight excluding hydrogens is 302 g/mol. The number of piperazine rings is 1. The van der Waals surface area contributed by atoms with Gasteiger partial charge in [-0.25, -0.2) is 0 Å². The van der Waals surface area contributed by atoms with E-state index in [2.05, 4.69) is 18.7 Å². The fourth-order valence-electron chi connectivity index (χ4n) is 4.04. The molecule has 1 atom stereocenters. The molecule has 138 valence electrons. The number of amides is 2. The van der Waals surface area contributed by atoms with Crippen LogP contribution < -0.4 is 0 Å². The Morgan fingerprint density at radius 2 is 1.67 bits per heavy atom. The third-order valence-electron chi connectivity index (χ3n) is 5.59. The topological polar surface area (TPSA) is 43.9 Å². The number of carbonyl (C=O) groups excluding carboxylic acids is 2. The van der Waals surface area contributed by atoms with Crippen LogP contribution in [0.15, 0.2) is 0 Å². The second-order valence-corrected chi connectivity index (χ2v) is 7.86. The van der Waals surface area contributed by atoms with Crippen LogP contribution in [-0.2, 0) is 9.59 Å². The van der Waals surface area contributed by atoms with Crippen molar-refractivity contribution in [2.45, 2.75) is 58.9 Å². The normalized spacial score (nSPS) is 21.3. The highest BCUT2D eigenvalue weighted by molar-refractivity contribution is 5.82. The molecular formula is C19H35N3O2. The standard InChI is InChI=1S/C19H35N3O2/c1-5-20(4)19(24)18(16-8-6-7-9-16)22-12-10-21(11-13-22)17(23)14-15(2)3/h15-16,18H,5-14H2,1-4H3/t18-/m1/s1. The van der Waals surface area contributed by atoms with E-state index < -0.39 is 0 Å². The summed E-state index contributed by atoms with van der Waals surface area (Å²) >= 11 is 0. The SMILES string of the molecule is CCN(C)C(=O)[C@@H](C1CCCC1)N1CCN(C(=O)CC(C)C)CC1. The molecule has 0 aromatic heterocycles. The maximum atomic E-state index is 12.9. The smallest absolute Gasteiger partial charge is 0.239 e. The minimum absolute atomic E-state index is 0.0137. The van der Waals surface area contributed by atoms with Crippen LogP contribution in [0.4, 0.5) is 0 Å². The lowest BCUT2D eigenvalue weighted by molar-refractivity contribution is -0.140. The summed E-state index contributed by atoms with van der Waals surface area (Å²) in [5.74, 6) is 1.43. The van der Waals surface area contributed by atoms with Gasteiger partial charge in [-0.05, 0) is 31.6 Å². The summed E-state index contributed by atoms with van der Waals surface area (Å²) in [6.07, 6.45) is 5.46. The van der Waals surface area contributed by atoms with Crippen LogP contribution in [0.3, 0.4) is 0 Å². The van der Waals surface area contributed by atoms with Gasteiger partial charge in [-0.15, -0.1) is 0 Å². The van der Waals surface area contributed by atoms with E-state index in [1.165, 1.54) is 25.7 Å². The molecule has 0 aromatic rings. The molecule has 24 heavy (non-hydrogen) atoms. The third-order valence-corrected chi connectivity index (χ3v) is 5.59. The van der Waals surface area contributed by atoms with E-state index in [1.807, 2.05) is 23.8 Å². The monoisotopic (exact) mass is 337 g/mol. The molecule has 1 heterocycles. The van der Waals surface area contributed by atoms with E-state index in [0.29, 0.717) is 18.3 Å². The number of rotatable bonds is 6. The summed E-state index contributed by atoms with van der Waals surface area (Å²) in [7, 11) is 1.91. The molecule has 2 rings (SSSR count). The summed E-state index contributed by atoms with van der Waals surface area (Å²) in [4.78, 5) is 31.4. The molecule has 0 bridgehead atoms. The van der Waals surface area contributed by atoms with Crippen LogP contribution in [0.25, 0.3) is 0 Å². The molecule has 0 radical (unpaired) electrons. The average Bonchev–Trinajstić information content (AvgIpc) is 3.08. The fourth-order valence-corrected chi connectivity index (χ4v) is 4.04. The first kappa shape index (κ1) is 19.2. The van der Waals surface area contributed by atoms with Gasteiger partial charge in [0.25, 0.3) is 0 Å². The van der Waals surface area contributed by atoms with Gasteiger partial charge < -0.3 is 9.80 Å². The minimum atomic E-state index is 0.0137. The Labute approximate surface area is 147 Å². The Hall–Kier alpha value is -1.10. The molecule has 2 aliphatic rings. The Bertz CT molecular complexity index is 424. The van der Waals surface area contributed by atoms with Crippen molar-refractivity contribution in [2.24, 2.45) is 11.8 Å². The molecule has 2 fully saturated rings. The number of hydrogen-bond acceptors (Lipinski definition) is 3. The lowest BCUT2D eigenvalue weighted by atomic mass is 9.94. The second-order valence-electron chi connectivity index (χ2n) is 7.86. The Kier molecular flexibility index (Phi) is 7.08. The number of nitrogens with zero attached hydrogens (tertiary/aromatic N) is 3. The summed E-state index contributed by atoms with van der Waals surface area (Å²) in [5, 5.41) is 0. The zero-order valence-corrected chi connectivity index (χ0v) is 16.0. The molecule has 5 heteroatoms. The quantitative estimate of drug-likeness (QED) is 0.746. The zero-order chi connectivity index (χ0) is 17.7. The molecule has 1 aliphatic heterocycles. The first-order valence-corrected chi connectivity index (χ1v) is 9.70. The third kappa shape index (κ3) is 4.71. The number of likely N-dealkylation sites (N-methyl/N-ethyl adjacent to an activating group) is 1. The van der Waals surface area contributed by atoms with Crippen molar-refractivity contribution < 1.29 is 9.59 Å². The predicted molar refractivity (Wildman–Crippen MR) is 96.7 cm³/mol. The molecule has 0 unspecified atom stereocenters. The summed E-state index contributed by atoms with van der Waals surface area (Å²) < 4.78 is 0. The minimum Gasteiger partial charge on any atom is -0.345 e. The first-order valence-electron chi connectivity index (χ1n) is 9.70. The summed E-state index contributed by atoms with van der Waals surface area (Å²) in [5.41, 5.74) is 0. The van der Waals surface area contributed by atoms with Crippen LogP contribution in [0.5, 0.6) is 0 Å². The molecule has 0 N–H and O–H groups in total. The maximum absolute atomic E-state index is 12.9. The van der Waals surface area contributed by atoms with E-state index in [1.54, 1.807) is 0 Å². The van der Waals surface area contributed by atoms with Gasteiger partial charge in [0.05, 0.1) is 6.04 Å². The fraction of sp³-hybridized carbons (Fsp3) is 0.895. The lowest BCUT2D eigenvalue weighted by Gasteiger charge is -2.42. The van der Waals surface area contributed by atoms with Crippen LogP contribution in [0.2, 0.25) is 0 Å².